The van der Waals surface area contributed by atoms with Crippen LogP contribution in [0.4, 0.5) is 0 Å². The van der Waals surface area contributed by atoms with Crippen LogP contribution in [0.2, 0.25) is 5.02 Å². The van der Waals surface area contributed by atoms with Crippen LogP contribution >= 0.6 is 24.2 Å². The van der Waals surface area contributed by atoms with Crippen LogP contribution in [0.5, 0.6) is 0 Å². The number of nitrogens with zero attached hydrogens (tertiary/aromatic N) is 1. The Kier molecular flexibility index (Phi) is 4.66. The van der Waals surface area contributed by atoms with Gasteiger partial charge in [-0.2, -0.15) is 5.26 Å². The lowest BCUT2D eigenvalue weighted by Crippen LogP contribution is -2.08. The van der Waals surface area contributed by atoms with Gasteiger partial charge < -0.3 is 4.74 Å². The molecule has 1 aromatic rings. The third-order valence-corrected chi connectivity index (χ3v) is 2.66. The zero-order valence-corrected chi connectivity index (χ0v) is 10.3. The first-order valence-corrected chi connectivity index (χ1v) is 5.48. The van der Waals surface area contributed by atoms with Crippen LogP contribution in [0.15, 0.2) is 17.0 Å². The van der Waals surface area contributed by atoms with Crippen LogP contribution in [0.1, 0.15) is 18.1 Å². The summed E-state index contributed by atoms with van der Waals surface area (Å²) in [5.41, 5.74) is 1.00. The molecule has 16 heavy (non-hydrogen) atoms. The molecule has 0 N–H and O–H groups in total. The Morgan fingerprint density at radius 3 is 2.88 bits per heavy atom. The van der Waals surface area contributed by atoms with E-state index in [9.17, 15) is 4.79 Å². The molecule has 0 aliphatic carbocycles. The van der Waals surface area contributed by atoms with Crippen LogP contribution in [-0.4, -0.2) is 12.6 Å². The van der Waals surface area contributed by atoms with Gasteiger partial charge in [0.2, 0.25) is 0 Å². The number of rotatable bonds is 3. The molecular formula is C11H10ClNO2S. The average molecular weight is 256 g/mol. The van der Waals surface area contributed by atoms with Gasteiger partial charge in [-0.05, 0) is 24.6 Å². The van der Waals surface area contributed by atoms with Crippen molar-refractivity contribution in [1.29, 1.82) is 5.26 Å². The Hall–Kier alpha value is -1.18. The number of carbonyl (C=O) groups excluding carboxylic acids is 1. The molecule has 0 saturated heterocycles. The predicted molar refractivity (Wildman–Crippen MR) is 63.8 cm³/mol. The molecule has 0 unspecified atom stereocenters. The zero-order chi connectivity index (χ0) is 12.1. The number of carbonyl (C=O) groups is 1. The van der Waals surface area contributed by atoms with Gasteiger partial charge in [0.05, 0.1) is 23.6 Å². The molecule has 1 aromatic carbocycles. The van der Waals surface area contributed by atoms with Gasteiger partial charge in [0.1, 0.15) is 6.07 Å². The Morgan fingerprint density at radius 2 is 2.31 bits per heavy atom. The first kappa shape index (κ1) is 12.9. The highest BCUT2D eigenvalue weighted by Crippen LogP contribution is 2.24. The summed E-state index contributed by atoms with van der Waals surface area (Å²) in [6, 6.07) is 5.06. The molecule has 0 fully saturated rings. The molecule has 1 rings (SSSR count). The molecule has 0 atom stereocenters. The van der Waals surface area contributed by atoms with E-state index >= 15 is 0 Å². The highest BCUT2D eigenvalue weighted by molar-refractivity contribution is 7.80. The third kappa shape index (κ3) is 3.16. The molecule has 3 nitrogen and oxygen atoms in total. The number of ether oxygens (including phenoxy) is 1. The quantitative estimate of drug-likeness (QED) is 0.667. The molecular weight excluding hydrogens is 246 g/mol. The fourth-order valence-electron chi connectivity index (χ4n) is 1.20. The van der Waals surface area contributed by atoms with Gasteiger partial charge in [-0.3, -0.25) is 4.79 Å². The maximum Gasteiger partial charge on any atom is 0.310 e. The monoisotopic (exact) mass is 255 g/mol. The van der Waals surface area contributed by atoms with E-state index in [1.165, 1.54) is 0 Å². The van der Waals surface area contributed by atoms with Crippen molar-refractivity contribution in [3.05, 3.63) is 28.3 Å². The van der Waals surface area contributed by atoms with Gasteiger partial charge in [-0.15, -0.1) is 12.6 Å². The maximum absolute atomic E-state index is 11.3. The van der Waals surface area contributed by atoms with E-state index in [-0.39, 0.29) is 12.4 Å². The van der Waals surface area contributed by atoms with Gasteiger partial charge in [0.25, 0.3) is 0 Å². The van der Waals surface area contributed by atoms with Gasteiger partial charge in [0, 0.05) is 4.90 Å². The zero-order valence-electron chi connectivity index (χ0n) is 8.66. The fraction of sp³-hybridized carbons (Fsp3) is 0.273. The summed E-state index contributed by atoms with van der Waals surface area (Å²) >= 11 is 10.0. The molecule has 0 aliphatic rings. The molecule has 0 aromatic heterocycles. The van der Waals surface area contributed by atoms with E-state index in [1.54, 1.807) is 19.1 Å². The molecule has 84 valence electrons. The highest BCUT2D eigenvalue weighted by Gasteiger charge is 2.10. The van der Waals surface area contributed by atoms with Gasteiger partial charge in [0.15, 0.2) is 0 Å². The van der Waals surface area contributed by atoms with Crippen LogP contribution < -0.4 is 0 Å². The van der Waals surface area contributed by atoms with Crippen molar-refractivity contribution in [3.63, 3.8) is 0 Å². The van der Waals surface area contributed by atoms with Crippen molar-refractivity contribution in [1.82, 2.24) is 0 Å². The normalized spacial score (nSPS) is 9.62. The number of nitriles is 1. The van der Waals surface area contributed by atoms with Gasteiger partial charge in [-0.25, -0.2) is 0 Å². The number of thiol groups is 1. The van der Waals surface area contributed by atoms with Crippen LogP contribution in [0.3, 0.4) is 0 Å². The van der Waals surface area contributed by atoms with E-state index in [1.807, 2.05) is 6.07 Å². The smallest absolute Gasteiger partial charge is 0.310 e. The molecule has 0 amide bonds. The summed E-state index contributed by atoms with van der Waals surface area (Å²) in [5.74, 6) is -0.335. The second kappa shape index (κ2) is 5.78. The molecule has 0 aliphatic heterocycles. The van der Waals surface area contributed by atoms with Gasteiger partial charge >= 0.3 is 5.97 Å². The average Bonchev–Trinajstić information content (AvgIpc) is 2.23. The number of hydrogen-bond acceptors (Lipinski definition) is 4. The van der Waals surface area contributed by atoms with Gasteiger partial charge in [-0.1, -0.05) is 11.6 Å². The lowest BCUT2D eigenvalue weighted by molar-refractivity contribution is -0.142. The molecule has 0 bridgehead atoms. The number of halogens is 1. The number of benzene rings is 1. The van der Waals surface area contributed by atoms with Crippen LogP contribution in [0, 0.1) is 11.3 Å². The van der Waals surface area contributed by atoms with Crippen molar-refractivity contribution >= 4 is 30.2 Å². The molecule has 5 heteroatoms. The standard InChI is InChI=1S/C11H10ClNO2S/c1-2-15-11(14)5-7-3-9(12)8(6-13)4-10(7)16/h3-4,16H,2,5H2,1H3. The highest BCUT2D eigenvalue weighted by atomic mass is 35.5. The van der Waals surface area contributed by atoms with Crippen molar-refractivity contribution in [2.45, 2.75) is 18.2 Å². The second-order valence-corrected chi connectivity index (χ2v) is 3.94. The summed E-state index contributed by atoms with van der Waals surface area (Å²) in [7, 11) is 0. The predicted octanol–water partition coefficient (Wildman–Crippen LogP) is 2.61. The maximum atomic E-state index is 11.3. The lowest BCUT2D eigenvalue weighted by Gasteiger charge is -2.06. The number of hydrogen-bond donors (Lipinski definition) is 1. The van der Waals surface area contributed by atoms with E-state index in [4.69, 9.17) is 21.6 Å². The van der Waals surface area contributed by atoms with E-state index in [0.29, 0.717) is 27.7 Å². The third-order valence-electron chi connectivity index (χ3n) is 1.93. The second-order valence-electron chi connectivity index (χ2n) is 3.05. The molecule has 0 saturated carbocycles. The van der Waals surface area contributed by atoms with E-state index in [2.05, 4.69) is 12.6 Å². The van der Waals surface area contributed by atoms with E-state index < -0.39 is 0 Å². The Bertz CT molecular complexity index is 454. The lowest BCUT2D eigenvalue weighted by atomic mass is 10.1. The minimum atomic E-state index is -0.335. The van der Waals surface area contributed by atoms with Crippen molar-refractivity contribution in [3.8, 4) is 6.07 Å². The molecule has 0 radical (unpaired) electrons. The summed E-state index contributed by atoms with van der Waals surface area (Å²) < 4.78 is 4.82. The molecule has 0 heterocycles. The topological polar surface area (TPSA) is 50.1 Å². The first-order chi connectivity index (χ1) is 7.58. The summed E-state index contributed by atoms with van der Waals surface area (Å²) in [5, 5.41) is 9.06. The SMILES string of the molecule is CCOC(=O)Cc1cc(Cl)c(C#N)cc1S. The van der Waals surface area contributed by atoms with E-state index in [0.717, 1.165) is 0 Å². The summed E-state index contributed by atoms with van der Waals surface area (Å²) in [6.45, 7) is 2.08. The fourth-order valence-corrected chi connectivity index (χ4v) is 1.70. The summed E-state index contributed by atoms with van der Waals surface area (Å²) in [4.78, 5) is 11.8. The molecule has 0 spiro atoms. The Balaban J connectivity index is 2.95. The van der Waals surface area contributed by atoms with Crippen molar-refractivity contribution < 1.29 is 9.53 Å². The first-order valence-electron chi connectivity index (χ1n) is 4.65. The largest absolute Gasteiger partial charge is 0.466 e. The number of esters is 1. The van der Waals surface area contributed by atoms with Crippen LogP contribution in [-0.2, 0) is 16.0 Å². The van der Waals surface area contributed by atoms with Crippen molar-refractivity contribution in [2.24, 2.45) is 0 Å². The van der Waals surface area contributed by atoms with Crippen LogP contribution in [0.25, 0.3) is 0 Å². The Labute approximate surface area is 104 Å². The van der Waals surface area contributed by atoms with Crippen molar-refractivity contribution in [2.75, 3.05) is 6.61 Å². The minimum Gasteiger partial charge on any atom is -0.466 e. The summed E-state index contributed by atoms with van der Waals surface area (Å²) in [6.07, 6.45) is 0.109. The minimum absolute atomic E-state index is 0.109. The Morgan fingerprint density at radius 1 is 1.62 bits per heavy atom.